The number of ether oxygens (including phenoxy) is 1. The average molecular weight is 389 g/mol. The first-order valence-corrected chi connectivity index (χ1v) is 9.18. The number of aliphatic carboxylic acids is 1. The molecule has 0 aromatic heterocycles. The first kappa shape index (κ1) is 18.6. The number of amides is 1. The van der Waals surface area contributed by atoms with Crippen LogP contribution in [0.4, 0.5) is 10.5 Å². The Morgan fingerprint density at radius 2 is 1.41 bits per heavy atom. The van der Waals surface area contributed by atoms with Crippen LogP contribution in [0.25, 0.3) is 11.1 Å². The Hall–Kier alpha value is -3.80. The van der Waals surface area contributed by atoms with Crippen molar-refractivity contribution in [3.05, 3.63) is 83.9 Å². The Morgan fingerprint density at radius 1 is 0.862 bits per heavy atom. The molecule has 0 atom stereocenters. The van der Waals surface area contributed by atoms with Gasteiger partial charge in [0.2, 0.25) is 0 Å². The second-order valence-electron chi connectivity index (χ2n) is 6.80. The highest BCUT2D eigenvalue weighted by atomic mass is 16.6. The molecule has 0 radical (unpaired) electrons. The maximum Gasteiger partial charge on any atom is 0.414 e. The molecular weight excluding hydrogens is 370 g/mol. The van der Waals surface area contributed by atoms with Crippen LogP contribution in [0.2, 0.25) is 0 Å². The number of carboxylic acids is 1. The van der Waals surface area contributed by atoms with Crippen molar-refractivity contribution < 1.29 is 24.5 Å². The molecule has 2 N–H and O–H groups in total. The maximum atomic E-state index is 12.7. The molecule has 1 aliphatic carbocycles. The van der Waals surface area contributed by atoms with E-state index in [2.05, 4.69) is 0 Å². The minimum atomic E-state index is -1.16. The van der Waals surface area contributed by atoms with Crippen LogP contribution in [-0.4, -0.2) is 35.4 Å². The molecule has 29 heavy (non-hydrogen) atoms. The molecule has 0 bridgehead atoms. The number of phenols is 1. The number of hydrogen-bond acceptors (Lipinski definition) is 4. The highest BCUT2D eigenvalue weighted by molar-refractivity contribution is 5.93. The maximum absolute atomic E-state index is 12.7. The lowest BCUT2D eigenvalue weighted by atomic mass is 9.98. The molecule has 146 valence electrons. The van der Waals surface area contributed by atoms with Gasteiger partial charge in [0.1, 0.15) is 18.9 Å². The first-order chi connectivity index (χ1) is 14.0. The van der Waals surface area contributed by atoms with Crippen molar-refractivity contribution in [3.63, 3.8) is 0 Å². The van der Waals surface area contributed by atoms with Gasteiger partial charge in [0.05, 0.1) is 0 Å². The highest BCUT2D eigenvalue weighted by Crippen LogP contribution is 2.44. The number of carboxylic acid groups (broad SMARTS) is 1. The van der Waals surface area contributed by atoms with Crippen LogP contribution in [0.3, 0.4) is 0 Å². The number of rotatable bonds is 5. The van der Waals surface area contributed by atoms with Crippen molar-refractivity contribution in [1.29, 1.82) is 0 Å². The number of nitrogens with zero attached hydrogens (tertiary/aromatic N) is 1. The lowest BCUT2D eigenvalue weighted by Crippen LogP contribution is -2.36. The van der Waals surface area contributed by atoms with Crippen molar-refractivity contribution in [1.82, 2.24) is 0 Å². The van der Waals surface area contributed by atoms with E-state index >= 15 is 0 Å². The third-order valence-electron chi connectivity index (χ3n) is 5.01. The van der Waals surface area contributed by atoms with E-state index in [1.807, 2.05) is 48.5 Å². The number of aromatic hydroxyl groups is 1. The summed E-state index contributed by atoms with van der Waals surface area (Å²) >= 11 is 0. The highest BCUT2D eigenvalue weighted by Gasteiger charge is 2.30. The van der Waals surface area contributed by atoms with E-state index in [0.29, 0.717) is 5.69 Å². The molecule has 0 spiro atoms. The van der Waals surface area contributed by atoms with Gasteiger partial charge in [0.25, 0.3) is 0 Å². The number of fused-ring (bicyclic) bond motifs is 3. The van der Waals surface area contributed by atoms with Crippen LogP contribution in [-0.2, 0) is 9.53 Å². The molecule has 4 rings (SSSR count). The second-order valence-corrected chi connectivity index (χ2v) is 6.80. The van der Waals surface area contributed by atoms with Gasteiger partial charge in [-0.1, -0.05) is 48.5 Å². The van der Waals surface area contributed by atoms with Crippen molar-refractivity contribution in [2.24, 2.45) is 0 Å². The Labute approximate surface area is 167 Å². The molecule has 0 heterocycles. The number of anilines is 1. The third-order valence-corrected chi connectivity index (χ3v) is 5.01. The normalized spacial score (nSPS) is 12.1. The molecule has 0 unspecified atom stereocenters. The lowest BCUT2D eigenvalue weighted by molar-refractivity contribution is -0.135. The number of hydrogen-bond donors (Lipinski definition) is 2. The number of benzene rings is 3. The van der Waals surface area contributed by atoms with Crippen LogP contribution >= 0.6 is 0 Å². The molecule has 3 aromatic rings. The minimum absolute atomic E-state index is 0.0246. The largest absolute Gasteiger partial charge is 0.508 e. The molecule has 6 heteroatoms. The molecule has 6 nitrogen and oxygen atoms in total. The summed E-state index contributed by atoms with van der Waals surface area (Å²) in [6, 6.07) is 21.7. The predicted octanol–water partition coefficient (Wildman–Crippen LogP) is 4.23. The molecular formula is C23H19NO5. The zero-order chi connectivity index (χ0) is 20.4. The van der Waals surface area contributed by atoms with Crippen LogP contribution in [0.1, 0.15) is 17.0 Å². The fourth-order valence-corrected chi connectivity index (χ4v) is 3.70. The zero-order valence-corrected chi connectivity index (χ0v) is 15.5. The van der Waals surface area contributed by atoms with Gasteiger partial charge in [-0.3, -0.25) is 9.69 Å². The molecule has 1 amide bonds. The summed E-state index contributed by atoms with van der Waals surface area (Å²) in [5.41, 5.74) is 4.73. The Morgan fingerprint density at radius 3 is 1.97 bits per heavy atom. The van der Waals surface area contributed by atoms with E-state index in [9.17, 15) is 19.8 Å². The number of carbonyl (C=O) groups excluding carboxylic acids is 1. The standard InChI is InChI=1S/C23H19NO5/c25-16-11-9-15(10-12-16)24(13-22(26)27)23(28)29-14-21-19-7-3-1-5-17(19)18-6-2-4-8-20(18)21/h1-12,21,25H,13-14H2,(H,26,27). The summed E-state index contributed by atoms with van der Waals surface area (Å²) in [6.07, 6.45) is -0.750. The van der Waals surface area contributed by atoms with Crippen molar-refractivity contribution in [2.45, 2.75) is 5.92 Å². The number of phenolic OH excluding ortho intramolecular Hbond substituents is 1. The quantitative estimate of drug-likeness (QED) is 0.682. The summed E-state index contributed by atoms with van der Waals surface area (Å²) in [4.78, 5) is 25.0. The summed E-state index contributed by atoms with van der Waals surface area (Å²) < 4.78 is 5.55. The predicted molar refractivity (Wildman–Crippen MR) is 108 cm³/mol. The molecule has 0 saturated carbocycles. The minimum Gasteiger partial charge on any atom is -0.508 e. The monoisotopic (exact) mass is 389 g/mol. The van der Waals surface area contributed by atoms with E-state index in [1.165, 1.54) is 24.3 Å². The van der Waals surface area contributed by atoms with Crippen LogP contribution in [0, 0.1) is 0 Å². The van der Waals surface area contributed by atoms with Gasteiger partial charge < -0.3 is 14.9 Å². The van der Waals surface area contributed by atoms with Crippen molar-refractivity contribution >= 4 is 17.7 Å². The fourth-order valence-electron chi connectivity index (χ4n) is 3.70. The summed E-state index contributed by atoms with van der Waals surface area (Å²) in [6.45, 7) is -0.442. The van der Waals surface area contributed by atoms with E-state index in [-0.39, 0.29) is 18.3 Å². The van der Waals surface area contributed by atoms with Gasteiger partial charge in [-0.2, -0.15) is 0 Å². The third kappa shape index (κ3) is 3.65. The summed E-state index contributed by atoms with van der Waals surface area (Å²) in [5, 5.41) is 18.6. The van der Waals surface area contributed by atoms with Crippen LogP contribution in [0.5, 0.6) is 5.75 Å². The van der Waals surface area contributed by atoms with Crippen LogP contribution < -0.4 is 4.90 Å². The first-order valence-electron chi connectivity index (χ1n) is 9.18. The second kappa shape index (κ2) is 7.67. The van der Waals surface area contributed by atoms with Gasteiger partial charge in [-0.15, -0.1) is 0 Å². The van der Waals surface area contributed by atoms with Gasteiger partial charge in [-0.25, -0.2) is 4.79 Å². The van der Waals surface area contributed by atoms with E-state index in [4.69, 9.17) is 4.74 Å². The molecule has 3 aromatic carbocycles. The molecule has 0 saturated heterocycles. The van der Waals surface area contributed by atoms with Gasteiger partial charge in [0, 0.05) is 11.6 Å². The Kier molecular flexibility index (Phi) is 4.91. The SMILES string of the molecule is O=C(O)CN(C(=O)OCC1c2ccccc2-c2ccccc21)c1ccc(O)cc1. The number of carbonyl (C=O) groups is 2. The smallest absolute Gasteiger partial charge is 0.414 e. The summed E-state index contributed by atoms with van der Waals surface area (Å²) in [5.74, 6) is -1.25. The average Bonchev–Trinajstić information content (AvgIpc) is 3.05. The zero-order valence-electron chi connectivity index (χ0n) is 15.5. The van der Waals surface area contributed by atoms with E-state index < -0.39 is 18.6 Å². The summed E-state index contributed by atoms with van der Waals surface area (Å²) in [7, 11) is 0. The van der Waals surface area contributed by atoms with E-state index in [1.54, 1.807) is 0 Å². The topological polar surface area (TPSA) is 87.1 Å². The van der Waals surface area contributed by atoms with Crippen LogP contribution in [0.15, 0.2) is 72.8 Å². The van der Waals surface area contributed by atoms with E-state index in [0.717, 1.165) is 27.2 Å². The van der Waals surface area contributed by atoms with Gasteiger partial charge in [0.15, 0.2) is 0 Å². The molecule has 1 aliphatic rings. The Balaban J connectivity index is 1.56. The van der Waals surface area contributed by atoms with Gasteiger partial charge >= 0.3 is 12.1 Å². The van der Waals surface area contributed by atoms with Gasteiger partial charge in [-0.05, 0) is 46.5 Å². The van der Waals surface area contributed by atoms with Crippen molar-refractivity contribution in [3.8, 4) is 16.9 Å². The van der Waals surface area contributed by atoms with Crippen molar-refractivity contribution in [2.75, 3.05) is 18.1 Å². The lowest BCUT2D eigenvalue weighted by Gasteiger charge is -2.22. The fraction of sp³-hybridized carbons (Fsp3) is 0.130. The molecule has 0 aliphatic heterocycles. The Bertz CT molecular complexity index is 1020. The molecule has 0 fully saturated rings.